The van der Waals surface area contributed by atoms with Crippen LogP contribution in [-0.2, 0) is 0 Å². The molecule has 4 aromatic rings. The third kappa shape index (κ3) is 4.73. The number of carbonyl (C=O) groups is 2. The first kappa shape index (κ1) is 22.9. The first-order valence-electron chi connectivity index (χ1n) is 10.7. The van der Waals surface area contributed by atoms with Gasteiger partial charge in [0.1, 0.15) is 17.1 Å². The summed E-state index contributed by atoms with van der Waals surface area (Å²) in [6.07, 6.45) is 1.83. The lowest BCUT2D eigenvalue weighted by Gasteiger charge is -2.11. The van der Waals surface area contributed by atoms with Gasteiger partial charge in [-0.25, -0.2) is 4.98 Å². The van der Waals surface area contributed by atoms with Gasteiger partial charge >= 0.3 is 0 Å². The number of ketones is 2. The summed E-state index contributed by atoms with van der Waals surface area (Å²) in [5, 5.41) is 0.959. The van der Waals surface area contributed by atoms with Crippen molar-refractivity contribution in [1.82, 2.24) is 9.97 Å². The molecule has 0 fully saturated rings. The Morgan fingerprint density at radius 1 is 0.765 bits per heavy atom. The van der Waals surface area contributed by atoms with Crippen molar-refractivity contribution in [2.75, 3.05) is 21.3 Å². The monoisotopic (exact) mass is 456 g/mol. The van der Waals surface area contributed by atoms with E-state index in [1.807, 2.05) is 30.3 Å². The van der Waals surface area contributed by atoms with E-state index in [2.05, 4.69) is 9.97 Å². The molecule has 0 N–H and O–H groups in total. The average Bonchev–Trinajstić information content (AvgIpc) is 2.90. The molecule has 0 aliphatic carbocycles. The number of hydrogen-bond donors (Lipinski definition) is 0. The van der Waals surface area contributed by atoms with Gasteiger partial charge in [0.15, 0.2) is 23.1 Å². The molecule has 0 atom stereocenters. The van der Waals surface area contributed by atoms with Crippen LogP contribution in [0.2, 0.25) is 0 Å². The topological polar surface area (TPSA) is 87.6 Å². The van der Waals surface area contributed by atoms with Gasteiger partial charge in [-0.3, -0.25) is 14.6 Å². The van der Waals surface area contributed by atoms with Crippen molar-refractivity contribution in [2.24, 2.45) is 0 Å². The Morgan fingerprint density at radius 2 is 1.50 bits per heavy atom. The highest BCUT2D eigenvalue weighted by molar-refractivity contribution is 6.02. The largest absolute Gasteiger partial charge is 0.494 e. The van der Waals surface area contributed by atoms with Crippen molar-refractivity contribution < 1.29 is 23.8 Å². The second kappa shape index (κ2) is 10.1. The van der Waals surface area contributed by atoms with E-state index in [1.165, 1.54) is 14.2 Å². The molecule has 34 heavy (non-hydrogen) atoms. The minimum absolute atomic E-state index is 0.0353. The molecule has 0 unspecified atom stereocenters. The van der Waals surface area contributed by atoms with Gasteiger partial charge in [0.2, 0.25) is 0 Å². The highest BCUT2D eigenvalue weighted by atomic mass is 16.5. The highest BCUT2D eigenvalue weighted by Gasteiger charge is 2.17. The normalized spacial score (nSPS) is 10.7. The molecule has 172 valence electrons. The van der Waals surface area contributed by atoms with Gasteiger partial charge in [-0.2, -0.15) is 0 Å². The van der Waals surface area contributed by atoms with Crippen molar-refractivity contribution in [3.05, 3.63) is 78.1 Å². The van der Waals surface area contributed by atoms with Crippen LogP contribution in [0.25, 0.3) is 22.2 Å². The maximum Gasteiger partial charge on any atom is 0.181 e. The van der Waals surface area contributed by atoms with Crippen LogP contribution in [0, 0.1) is 0 Å². The molecular formula is C27H24N2O5. The van der Waals surface area contributed by atoms with Gasteiger partial charge in [0, 0.05) is 35.6 Å². The van der Waals surface area contributed by atoms with Gasteiger partial charge in [-0.15, -0.1) is 0 Å². The number of Topliss-reactive ketones (excluding diaryl/α,β-unsaturated/α-hetero) is 2. The van der Waals surface area contributed by atoms with Gasteiger partial charge in [0.05, 0.1) is 26.8 Å². The van der Waals surface area contributed by atoms with Crippen LogP contribution < -0.4 is 14.2 Å². The van der Waals surface area contributed by atoms with Crippen molar-refractivity contribution in [1.29, 1.82) is 0 Å². The molecule has 0 saturated heterocycles. The van der Waals surface area contributed by atoms with Gasteiger partial charge in [0.25, 0.3) is 0 Å². The molecule has 2 heterocycles. The zero-order chi connectivity index (χ0) is 24.1. The summed E-state index contributed by atoms with van der Waals surface area (Å²) in [7, 11) is 4.60. The molecule has 0 aliphatic rings. The fourth-order valence-corrected chi connectivity index (χ4v) is 3.71. The fourth-order valence-electron chi connectivity index (χ4n) is 3.71. The van der Waals surface area contributed by atoms with Crippen molar-refractivity contribution in [3.8, 4) is 28.5 Å². The van der Waals surface area contributed by atoms with E-state index in [0.29, 0.717) is 28.5 Å². The minimum atomic E-state index is -0.222. The van der Waals surface area contributed by atoms with Crippen LogP contribution in [0.4, 0.5) is 0 Å². The second-order valence-electron chi connectivity index (χ2n) is 7.57. The molecule has 2 aromatic heterocycles. The maximum absolute atomic E-state index is 12.9. The lowest BCUT2D eigenvalue weighted by molar-refractivity contribution is 0.0915. The third-order valence-electron chi connectivity index (χ3n) is 5.52. The number of fused-ring (bicyclic) bond motifs is 1. The predicted molar refractivity (Wildman–Crippen MR) is 129 cm³/mol. The molecule has 0 bridgehead atoms. The summed E-state index contributed by atoms with van der Waals surface area (Å²) in [6, 6.07) is 17.9. The first-order chi connectivity index (χ1) is 16.5. The van der Waals surface area contributed by atoms with E-state index in [9.17, 15) is 9.59 Å². The van der Waals surface area contributed by atoms with Crippen molar-refractivity contribution in [3.63, 3.8) is 0 Å². The van der Waals surface area contributed by atoms with E-state index in [4.69, 9.17) is 14.2 Å². The van der Waals surface area contributed by atoms with Crippen molar-refractivity contribution >= 4 is 22.5 Å². The number of pyridine rings is 2. The number of methoxy groups -OCH3 is 3. The van der Waals surface area contributed by atoms with Crippen molar-refractivity contribution in [2.45, 2.75) is 12.8 Å². The number of hydrogen-bond acceptors (Lipinski definition) is 7. The molecular weight excluding hydrogens is 432 g/mol. The maximum atomic E-state index is 12.9. The van der Waals surface area contributed by atoms with Crippen LogP contribution in [0.3, 0.4) is 0 Å². The molecule has 4 rings (SSSR count). The molecule has 2 aromatic carbocycles. The molecule has 0 saturated carbocycles. The molecule has 0 aliphatic heterocycles. The van der Waals surface area contributed by atoms with E-state index in [-0.39, 0.29) is 30.1 Å². The zero-order valence-corrected chi connectivity index (χ0v) is 19.2. The number of aromatic nitrogens is 2. The summed E-state index contributed by atoms with van der Waals surface area (Å²) in [5.41, 5.74) is 2.98. The Morgan fingerprint density at radius 3 is 2.26 bits per heavy atom. The standard InChI is InChI=1S/C27H24N2O5/c1-32-24-12-7-18(16-26(24)34-3)22(30)10-11-23(31)21-9-13-25(33-2)27(29-21)19-6-8-20-17(15-19)5-4-14-28-20/h4-9,12-16H,10-11H2,1-3H3. The van der Waals surface area contributed by atoms with Gasteiger partial charge in [-0.05, 0) is 48.5 Å². The number of ether oxygens (including phenoxy) is 3. The molecule has 7 nitrogen and oxygen atoms in total. The Bertz CT molecular complexity index is 1370. The molecule has 0 radical (unpaired) electrons. The zero-order valence-electron chi connectivity index (χ0n) is 19.2. The van der Waals surface area contributed by atoms with Gasteiger partial charge in [-0.1, -0.05) is 12.1 Å². The highest BCUT2D eigenvalue weighted by Crippen LogP contribution is 2.31. The lowest BCUT2D eigenvalue weighted by atomic mass is 10.0. The number of carbonyl (C=O) groups excluding carboxylic acids is 2. The number of rotatable bonds is 9. The summed E-state index contributed by atoms with van der Waals surface area (Å²) in [5.74, 6) is 1.17. The van der Waals surface area contributed by atoms with Crippen LogP contribution in [0.1, 0.15) is 33.7 Å². The quantitative estimate of drug-likeness (QED) is 0.321. The van der Waals surface area contributed by atoms with Crippen LogP contribution in [0.15, 0.2) is 66.9 Å². The van der Waals surface area contributed by atoms with E-state index >= 15 is 0 Å². The van der Waals surface area contributed by atoms with E-state index < -0.39 is 0 Å². The molecule has 7 heteroatoms. The lowest BCUT2D eigenvalue weighted by Crippen LogP contribution is -2.08. The summed E-state index contributed by atoms with van der Waals surface area (Å²) < 4.78 is 15.9. The summed E-state index contributed by atoms with van der Waals surface area (Å²) in [4.78, 5) is 34.5. The predicted octanol–water partition coefficient (Wildman–Crippen LogP) is 5.17. The van der Waals surface area contributed by atoms with E-state index in [1.54, 1.807) is 43.6 Å². The average molecular weight is 456 g/mol. The fraction of sp³-hybridized carbons (Fsp3) is 0.185. The number of nitrogens with zero attached hydrogens (tertiary/aromatic N) is 2. The van der Waals surface area contributed by atoms with Crippen LogP contribution in [0.5, 0.6) is 17.2 Å². The second-order valence-corrected chi connectivity index (χ2v) is 7.57. The molecule has 0 spiro atoms. The Balaban J connectivity index is 1.54. The SMILES string of the molecule is COc1ccc(C(=O)CCC(=O)c2ccc(OC)c(-c3ccc4ncccc4c3)n2)cc1OC. The van der Waals surface area contributed by atoms with Crippen LogP contribution in [-0.4, -0.2) is 42.9 Å². The van der Waals surface area contributed by atoms with Gasteiger partial charge < -0.3 is 14.2 Å². The summed E-state index contributed by atoms with van der Waals surface area (Å²) in [6.45, 7) is 0. The summed E-state index contributed by atoms with van der Waals surface area (Å²) >= 11 is 0. The molecule has 0 amide bonds. The number of benzene rings is 2. The van der Waals surface area contributed by atoms with E-state index in [0.717, 1.165) is 16.5 Å². The minimum Gasteiger partial charge on any atom is -0.494 e. The Kier molecular flexibility index (Phi) is 6.82. The Labute approximate surface area is 197 Å². The smallest absolute Gasteiger partial charge is 0.181 e. The third-order valence-corrected chi connectivity index (χ3v) is 5.52. The first-order valence-corrected chi connectivity index (χ1v) is 10.7. The van der Waals surface area contributed by atoms with Crippen LogP contribution >= 0.6 is 0 Å². The Hall–Kier alpha value is -4.26.